The van der Waals surface area contributed by atoms with Crippen LogP contribution < -0.4 is 18.9 Å². The second-order valence-electron chi connectivity index (χ2n) is 13.4. The fourth-order valence-electron chi connectivity index (χ4n) is 5.57. The fraction of sp³-hybridized carbons (Fsp3) is 0.395. The minimum Gasteiger partial charge on any atom is -0.491 e. The third-order valence-corrected chi connectivity index (χ3v) is 8.99. The second-order valence-corrected chi connectivity index (χ2v) is 13.4. The minimum absolute atomic E-state index is 0.254. The van der Waals surface area contributed by atoms with Crippen LogP contribution in [-0.2, 0) is 31.8 Å². The van der Waals surface area contributed by atoms with E-state index in [-0.39, 0.29) is 24.4 Å². The molecule has 0 radical (unpaired) electrons. The van der Waals surface area contributed by atoms with Crippen molar-refractivity contribution in [3.63, 3.8) is 0 Å². The van der Waals surface area contributed by atoms with Crippen molar-refractivity contribution in [2.75, 3.05) is 52.9 Å². The first-order valence-electron chi connectivity index (χ1n) is 18.2. The summed E-state index contributed by atoms with van der Waals surface area (Å²) < 4.78 is 44.1. The molecule has 0 bridgehead atoms. The van der Waals surface area contributed by atoms with Gasteiger partial charge < -0.3 is 37.9 Å². The number of ether oxygens (including phenoxy) is 8. The van der Waals surface area contributed by atoms with Crippen LogP contribution in [0.15, 0.2) is 97.6 Å². The van der Waals surface area contributed by atoms with Crippen LogP contribution in [0.1, 0.15) is 30.9 Å². The van der Waals surface area contributed by atoms with Gasteiger partial charge in [0, 0.05) is 0 Å². The molecule has 4 aromatic carbocycles. The van der Waals surface area contributed by atoms with E-state index >= 15 is 0 Å². The largest absolute Gasteiger partial charge is 0.491 e. The molecule has 0 saturated carbocycles. The average molecular weight is 693 g/mol. The van der Waals surface area contributed by atoms with Gasteiger partial charge in [0.1, 0.15) is 73.8 Å². The van der Waals surface area contributed by atoms with E-state index in [4.69, 9.17) is 37.9 Å². The monoisotopic (exact) mass is 692 g/mol. The molecular weight excluding hydrogens is 644 g/mol. The Hall–Kier alpha value is -4.34. The summed E-state index contributed by atoms with van der Waals surface area (Å²) in [6, 6.07) is 29.2. The average Bonchev–Trinajstić information content (AvgIpc) is 3.98. The molecular formula is C43H48O8. The lowest BCUT2D eigenvalue weighted by Crippen LogP contribution is -2.06. The van der Waals surface area contributed by atoms with Crippen molar-refractivity contribution in [2.45, 2.75) is 57.0 Å². The molecule has 0 amide bonds. The fourth-order valence-corrected chi connectivity index (χ4v) is 5.57. The Bertz CT molecular complexity index is 1700. The summed E-state index contributed by atoms with van der Waals surface area (Å²) in [5.74, 6) is 3.65. The predicted octanol–water partition coefficient (Wildman–Crippen LogP) is 7.89. The van der Waals surface area contributed by atoms with Gasteiger partial charge in [-0.3, -0.25) is 0 Å². The molecule has 4 atom stereocenters. The molecule has 268 valence electrons. The Kier molecular flexibility index (Phi) is 11.9. The topological polar surface area (TPSA) is 87.0 Å². The third-order valence-electron chi connectivity index (χ3n) is 8.99. The van der Waals surface area contributed by atoms with Crippen LogP contribution in [0.2, 0.25) is 0 Å². The van der Waals surface area contributed by atoms with Crippen molar-refractivity contribution in [1.29, 1.82) is 0 Å². The highest BCUT2D eigenvalue weighted by atomic mass is 16.6. The lowest BCUT2D eigenvalue weighted by atomic mass is 9.99. The molecule has 4 heterocycles. The highest BCUT2D eigenvalue weighted by molar-refractivity contribution is 5.67. The van der Waals surface area contributed by atoms with Crippen molar-refractivity contribution >= 4 is 0 Å². The van der Waals surface area contributed by atoms with Gasteiger partial charge in [-0.2, -0.15) is 0 Å². The van der Waals surface area contributed by atoms with E-state index in [0.717, 1.165) is 85.4 Å². The van der Waals surface area contributed by atoms with Gasteiger partial charge in [0.25, 0.3) is 0 Å². The lowest BCUT2D eigenvalue weighted by molar-refractivity contribution is 0.261. The van der Waals surface area contributed by atoms with Crippen molar-refractivity contribution in [2.24, 2.45) is 0 Å². The van der Waals surface area contributed by atoms with Crippen molar-refractivity contribution in [3.8, 4) is 45.3 Å². The quantitative estimate of drug-likeness (QED) is 0.0725. The Balaban J connectivity index is 0.000000159. The van der Waals surface area contributed by atoms with Crippen LogP contribution in [0, 0.1) is 0 Å². The molecule has 4 unspecified atom stereocenters. The number of aryl methyl sites for hydroxylation is 1. The van der Waals surface area contributed by atoms with Gasteiger partial charge >= 0.3 is 0 Å². The van der Waals surface area contributed by atoms with Crippen molar-refractivity contribution in [3.05, 3.63) is 109 Å². The molecule has 8 rings (SSSR count). The molecule has 4 aliphatic heterocycles. The highest BCUT2D eigenvalue weighted by Gasteiger charge is 2.25. The molecule has 4 aromatic rings. The van der Waals surface area contributed by atoms with E-state index in [2.05, 4.69) is 68.1 Å². The first-order chi connectivity index (χ1) is 25.1. The lowest BCUT2D eigenvalue weighted by Gasteiger charge is -2.13. The Morgan fingerprint density at radius 1 is 0.549 bits per heavy atom. The Labute approximate surface area is 301 Å². The van der Waals surface area contributed by atoms with Crippen LogP contribution in [0.25, 0.3) is 22.3 Å². The summed E-state index contributed by atoms with van der Waals surface area (Å²) in [7, 11) is 0. The number of rotatable bonds is 19. The SMILES string of the molecule is C=CCc1cc(-c2ccc(OCC3CO3)cc2)ccc1OCC1CO1.CCCCc1cc(-c2ccc(OCC3CO3)cc2)ccc1OCC1CO1. The van der Waals surface area contributed by atoms with Crippen LogP contribution in [0.4, 0.5) is 0 Å². The van der Waals surface area contributed by atoms with Crippen LogP contribution in [-0.4, -0.2) is 77.3 Å². The van der Waals surface area contributed by atoms with Crippen LogP contribution >= 0.6 is 0 Å². The van der Waals surface area contributed by atoms with Crippen LogP contribution in [0.3, 0.4) is 0 Å². The summed E-state index contributed by atoms with van der Waals surface area (Å²) in [4.78, 5) is 0. The van der Waals surface area contributed by atoms with E-state index in [1.54, 1.807) is 0 Å². The minimum atomic E-state index is 0.254. The molecule has 0 aliphatic carbocycles. The summed E-state index contributed by atoms with van der Waals surface area (Å²) >= 11 is 0. The number of epoxide rings is 4. The summed E-state index contributed by atoms with van der Waals surface area (Å²) in [5, 5.41) is 0. The zero-order valence-electron chi connectivity index (χ0n) is 29.4. The Morgan fingerprint density at radius 2 is 0.941 bits per heavy atom. The molecule has 8 nitrogen and oxygen atoms in total. The number of benzene rings is 4. The molecule has 0 spiro atoms. The molecule has 0 N–H and O–H groups in total. The van der Waals surface area contributed by atoms with Gasteiger partial charge in [0.2, 0.25) is 0 Å². The molecule has 4 aliphatic rings. The molecule has 4 saturated heterocycles. The smallest absolute Gasteiger partial charge is 0.122 e. The molecule has 51 heavy (non-hydrogen) atoms. The summed E-state index contributed by atoms with van der Waals surface area (Å²) in [6.45, 7) is 11.8. The predicted molar refractivity (Wildman–Crippen MR) is 197 cm³/mol. The third kappa shape index (κ3) is 11.1. The van der Waals surface area contributed by atoms with Gasteiger partial charge in [-0.15, -0.1) is 6.58 Å². The second kappa shape index (κ2) is 17.2. The van der Waals surface area contributed by atoms with Gasteiger partial charge in [0.05, 0.1) is 26.4 Å². The Morgan fingerprint density at radius 3 is 1.35 bits per heavy atom. The maximum atomic E-state index is 5.97. The van der Waals surface area contributed by atoms with E-state index < -0.39 is 0 Å². The molecule has 8 heteroatoms. The number of hydrogen-bond donors (Lipinski definition) is 0. The number of hydrogen-bond acceptors (Lipinski definition) is 8. The summed E-state index contributed by atoms with van der Waals surface area (Å²) in [6.07, 6.45) is 7.13. The van der Waals surface area contributed by atoms with Crippen molar-refractivity contribution < 1.29 is 37.9 Å². The zero-order valence-corrected chi connectivity index (χ0v) is 29.4. The van der Waals surface area contributed by atoms with Gasteiger partial charge in [0.15, 0.2) is 0 Å². The number of allylic oxidation sites excluding steroid dienone is 1. The maximum Gasteiger partial charge on any atom is 0.122 e. The van der Waals surface area contributed by atoms with E-state index in [1.807, 2.05) is 36.4 Å². The van der Waals surface area contributed by atoms with E-state index in [9.17, 15) is 0 Å². The van der Waals surface area contributed by atoms with Gasteiger partial charge in [-0.05, 0) is 101 Å². The normalized spacial score (nSPS) is 20.7. The molecule has 4 fully saturated rings. The maximum absolute atomic E-state index is 5.97. The standard InChI is InChI=1S/C22H26O4.C21H22O4/c1-2-3-4-18-11-17(7-10-22(18)26-15-21-14-25-21)16-5-8-19(9-6-16)23-12-20-13-24-20;1-2-3-17-10-16(6-9-21(17)25-14-20-13-24-20)15-4-7-18(8-5-15)22-11-19-12-23-19/h5-11,20-21H,2-4,12-15H2,1H3;2,4-10,19-20H,1,3,11-14H2. The first kappa shape index (κ1) is 35.1. The van der Waals surface area contributed by atoms with E-state index in [1.165, 1.54) is 23.1 Å². The van der Waals surface area contributed by atoms with Crippen LogP contribution in [0.5, 0.6) is 23.0 Å². The first-order valence-corrected chi connectivity index (χ1v) is 18.2. The number of unbranched alkanes of at least 4 members (excludes halogenated alkanes) is 1. The zero-order chi connectivity index (χ0) is 34.8. The van der Waals surface area contributed by atoms with Crippen molar-refractivity contribution in [1.82, 2.24) is 0 Å². The highest BCUT2D eigenvalue weighted by Crippen LogP contribution is 2.31. The van der Waals surface area contributed by atoms with Gasteiger partial charge in [-0.1, -0.05) is 55.8 Å². The summed E-state index contributed by atoms with van der Waals surface area (Å²) in [5.41, 5.74) is 7.12. The van der Waals surface area contributed by atoms with Gasteiger partial charge in [-0.25, -0.2) is 0 Å². The molecule has 0 aromatic heterocycles. The van der Waals surface area contributed by atoms with E-state index in [0.29, 0.717) is 26.4 Å².